The van der Waals surface area contributed by atoms with Gasteiger partial charge in [-0.3, -0.25) is 0 Å². The van der Waals surface area contributed by atoms with Crippen molar-refractivity contribution in [3.63, 3.8) is 0 Å². The van der Waals surface area contributed by atoms with Crippen LogP contribution in [-0.2, 0) is 9.84 Å². The zero-order valence-electron chi connectivity index (χ0n) is 5.42. The molecule has 0 radical (unpaired) electrons. The number of hydrogen-bond donors (Lipinski definition) is 0. The molecule has 0 N–H and O–H groups in total. The molecule has 2 nitrogen and oxygen atoms in total. The first kappa shape index (κ1) is 8.62. The van der Waals surface area contributed by atoms with Crippen LogP contribution in [0.25, 0.3) is 0 Å². The topological polar surface area (TPSA) is 34.1 Å². The van der Waals surface area contributed by atoms with E-state index in [1.165, 1.54) is 0 Å². The van der Waals surface area contributed by atoms with Crippen LogP contribution < -0.4 is 0 Å². The zero-order valence-corrected chi connectivity index (χ0v) is 7.75. The average Bonchev–Trinajstić information content (AvgIpc) is 1.95. The second-order valence-electron chi connectivity index (χ2n) is 2.50. The highest BCUT2D eigenvalue weighted by molar-refractivity contribution is 7.92. The molecule has 1 rings (SSSR count). The third-order valence-electron chi connectivity index (χ3n) is 1.75. The van der Waals surface area contributed by atoms with Crippen LogP contribution in [0.3, 0.4) is 0 Å². The smallest absolute Gasteiger partial charge is 0.155 e. The molecule has 5 heteroatoms. The third kappa shape index (κ3) is 1.27. The molecule has 0 aromatic rings. The van der Waals surface area contributed by atoms with Crippen LogP contribution in [0.5, 0.6) is 0 Å². The van der Waals surface area contributed by atoms with Gasteiger partial charge in [0.15, 0.2) is 9.84 Å². The highest BCUT2D eigenvalue weighted by Crippen LogP contribution is 2.28. The van der Waals surface area contributed by atoms with E-state index in [-0.39, 0.29) is 5.75 Å². The molecule has 0 spiro atoms. The van der Waals surface area contributed by atoms with Gasteiger partial charge in [0.05, 0.1) is 21.8 Å². The summed E-state index contributed by atoms with van der Waals surface area (Å²) in [7, 11) is -2.99. The summed E-state index contributed by atoms with van der Waals surface area (Å²) in [5, 5.41) is -1.33. The fourth-order valence-corrected chi connectivity index (χ4v) is 3.99. The van der Waals surface area contributed by atoms with Gasteiger partial charge in [-0.25, -0.2) is 8.42 Å². The van der Waals surface area contributed by atoms with E-state index in [0.29, 0.717) is 0 Å². The first-order valence-corrected chi connectivity index (χ1v) is 5.53. The zero-order chi connectivity index (χ0) is 7.94. The predicted molar refractivity (Wildman–Crippen MR) is 42.5 cm³/mol. The van der Waals surface area contributed by atoms with Crippen LogP contribution in [-0.4, -0.2) is 30.2 Å². The van der Waals surface area contributed by atoms with Crippen LogP contribution in [0.2, 0.25) is 0 Å². The van der Waals surface area contributed by atoms with E-state index in [1.807, 2.05) is 0 Å². The summed E-state index contributed by atoms with van der Waals surface area (Å²) in [6, 6.07) is 0. The van der Waals surface area contributed by atoms with Crippen molar-refractivity contribution in [3.05, 3.63) is 0 Å². The van der Waals surface area contributed by atoms with Gasteiger partial charge in [-0.05, 0) is 6.92 Å². The molecule has 1 aliphatic rings. The molecule has 3 unspecified atom stereocenters. The van der Waals surface area contributed by atoms with Gasteiger partial charge >= 0.3 is 0 Å². The summed E-state index contributed by atoms with van der Waals surface area (Å²) >= 11 is 11.3. The second kappa shape index (κ2) is 2.54. The van der Waals surface area contributed by atoms with Crippen molar-refractivity contribution in [2.45, 2.75) is 22.9 Å². The Kier molecular flexibility index (Phi) is 2.19. The largest absolute Gasteiger partial charge is 0.228 e. The second-order valence-corrected chi connectivity index (χ2v) is 5.96. The molecule has 1 fully saturated rings. The van der Waals surface area contributed by atoms with Gasteiger partial charge in [-0.1, -0.05) is 0 Å². The Bertz CT molecular complexity index is 224. The molecule has 0 aromatic heterocycles. The van der Waals surface area contributed by atoms with Crippen molar-refractivity contribution in [3.8, 4) is 0 Å². The minimum absolute atomic E-state index is 0.0177. The first-order valence-electron chi connectivity index (χ1n) is 2.95. The molecule has 1 saturated heterocycles. The Morgan fingerprint density at radius 3 is 2.00 bits per heavy atom. The molecule has 0 amide bonds. The van der Waals surface area contributed by atoms with E-state index in [0.717, 1.165) is 0 Å². The van der Waals surface area contributed by atoms with Crippen LogP contribution in [0.4, 0.5) is 0 Å². The van der Waals surface area contributed by atoms with E-state index in [9.17, 15) is 8.42 Å². The quantitative estimate of drug-likeness (QED) is 0.551. The maximum Gasteiger partial charge on any atom is 0.155 e. The molecule has 60 valence electrons. The van der Waals surface area contributed by atoms with Gasteiger partial charge < -0.3 is 0 Å². The molecule has 0 bridgehead atoms. The first-order chi connectivity index (χ1) is 4.45. The molecule has 3 atom stereocenters. The van der Waals surface area contributed by atoms with Crippen LogP contribution in [0.1, 0.15) is 6.92 Å². The molecular weight excluding hydrogens is 195 g/mol. The normalized spacial score (nSPS) is 45.7. The Balaban J connectivity index is 2.93. The standard InChI is InChI=1S/C5H8Cl2O2S/c1-3-5(7)4(6)2-10(3,8)9/h3-5H,2H2,1H3. The summed E-state index contributed by atoms with van der Waals surface area (Å²) in [6.45, 7) is 1.59. The lowest BCUT2D eigenvalue weighted by Crippen LogP contribution is -2.20. The fraction of sp³-hybridized carbons (Fsp3) is 1.00. The molecule has 0 saturated carbocycles. The van der Waals surface area contributed by atoms with E-state index >= 15 is 0 Å². The minimum Gasteiger partial charge on any atom is -0.228 e. The van der Waals surface area contributed by atoms with E-state index in [2.05, 4.69) is 0 Å². The molecule has 10 heavy (non-hydrogen) atoms. The van der Waals surface area contributed by atoms with Gasteiger partial charge in [-0.2, -0.15) is 0 Å². The SMILES string of the molecule is CC1C(Cl)C(Cl)CS1(=O)=O. The number of halogens is 2. The van der Waals surface area contributed by atoms with Gasteiger partial charge in [0, 0.05) is 0 Å². The summed E-state index contributed by atoms with van der Waals surface area (Å²) in [5.74, 6) is 0.0177. The van der Waals surface area contributed by atoms with E-state index < -0.39 is 25.8 Å². The van der Waals surface area contributed by atoms with Gasteiger partial charge in [0.1, 0.15) is 0 Å². The number of sulfone groups is 1. The lowest BCUT2D eigenvalue weighted by Gasteiger charge is -2.05. The van der Waals surface area contributed by atoms with Gasteiger partial charge in [0.2, 0.25) is 0 Å². The minimum atomic E-state index is -2.99. The maximum atomic E-state index is 11.0. The summed E-state index contributed by atoms with van der Waals surface area (Å²) in [4.78, 5) is 0. The third-order valence-corrected chi connectivity index (χ3v) is 5.57. The van der Waals surface area contributed by atoms with Crippen molar-refractivity contribution in [1.29, 1.82) is 0 Å². The lowest BCUT2D eigenvalue weighted by molar-refractivity contribution is 0.594. The number of hydrogen-bond acceptors (Lipinski definition) is 2. The molecule has 0 aliphatic carbocycles. The molecule has 1 heterocycles. The summed E-state index contributed by atoms with van der Waals surface area (Å²) < 4.78 is 22.0. The Labute approximate surface area is 70.4 Å². The Morgan fingerprint density at radius 2 is 1.90 bits per heavy atom. The van der Waals surface area contributed by atoms with Gasteiger partial charge in [0.25, 0.3) is 0 Å². The summed E-state index contributed by atoms with van der Waals surface area (Å²) in [6.07, 6.45) is 0. The molecular formula is C5H8Cl2O2S. The average molecular weight is 203 g/mol. The van der Waals surface area contributed by atoms with E-state index in [4.69, 9.17) is 23.2 Å². The van der Waals surface area contributed by atoms with Gasteiger partial charge in [-0.15, -0.1) is 23.2 Å². The van der Waals surface area contributed by atoms with Crippen molar-refractivity contribution < 1.29 is 8.42 Å². The monoisotopic (exact) mass is 202 g/mol. The molecule has 1 aliphatic heterocycles. The summed E-state index contributed by atoms with van der Waals surface area (Å²) in [5.41, 5.74) is 0. The Morgan fingerprint density at radius 1 is 1.40 bits per heavy atom. The predicted octanol–water partition coefficient (Wildman–Crippen LogP) is 1.02. The van der Waals surface area contributed by atoms with Crippen molar-refractivity contribution >= 4 is 33.0 Å². The highest BCUT2D eigenvalue weighted by Gasteiger charge is 2.42. The number of alkyl halides is 2. The highest BCUT2D eigenvalue weighted by atomic mass is 35.5. The van der Waals surface area contributed by atoms with Crippen LogP contribution >= 0.6 is 23.2 Å². The maximum absolute atomic E-state index is 11.0. The van der Waals surface area contributed by atoms with Crippen molar-refractivity contribution in [2.75, 3.05) is 5.75 Å². The molecule has 0 aromatic carbocycles. The Hall–Kier alpha value is 0.530. The van der Waals surface area contributed by atoms with E-state index in [1.54, 1.807) is 6.92 Å². The van der Waals surface area contributed by atoms with Crippen LogP contribution in [0.15, 0.2) is 0 Å². The van der Waals surface area contributed by atoms with Crippen LogP contribution in [0, 0.1) is 0 Å². The number of rotatable bonds is 0. The van der Waals surface area contributed by atoms with Crippen molar-refractivity contribution in [2.24, 2.45) is 0 Å². The van der Waals surface area contributed by atoms with Crippen molar-refractivity contribution in [1.82, 2.24) is 0 Å². The fourth-order valence-electron chi connectivity index (χ4n) is 0.958. The lowest BCUT2D eigenvalue weighted by atomic mass is 10.3.